The van der Waals surface area contributed by atoms with Crippen molar-refractivity contribution in [3.8, 4) is 5.75 Å². The van der Waals surface area contributed by atoms with Crippen LogP contribution in [0.5, 0.6) is 5.75 Å². The van der Waals surface area contributed by atoms with E-state index >= 15 is 0 Å². The van der Waals surface area contributed by atoms with Crippen LogP contribution in [0.15, 0.2) is 59.5 Å². The molecule has 7 heteroatoms. The van der Waals surface area contributed by atoms with Crippen molar-refractivity contribution >= 4 is 32.5 Å². The highest BCUT2D eigenvalue weighted by Crippen LogP contribution is 2.35. The van der Waals surface area contributed by atoms with Crippen molar-refractivity contribution in [3.05, 3.63) is 65.7 Å². The molecule has 0 saturated carbocycles. The summed E-state index contributed by atoms with van der Waals surface area (Å²) < 4.78 is 33.6. The van der Waals surface area contributed by atoms with E-state index in [-0.39, 0.29) is 16.2 Å². The molecule has 0 radical (unpaired) electrons. The number of methoxy groups -OCH3 is 1. The predicted molar refractivity (Wildman–Crippen MR) is 99.4 cm³/mol. The number of ether oxygens (including phenoxy) is 1. The van der Waals surface area contributed by atoms with Crippen LogP contribution < -0.4 is 9.46 Å². The Morgan fingerprint density at radius 3 is 2.23 bits per heavy atom. The smallest absolute Gasteiger partial charge is 0.339 e. The number of nitrogens with one attached hydrogen (secondary N) is 1. The number of carboxylic acid groups (broad SMARTS) is 1. The Morgan fingerprint density at radius 1 is 1.04 bits per heavy atom. The molecule has 134 valence electrons. The normalized spacial score (nSPS) is 11.3. The first-order chi connectivity index (χ1) is 12.3. The Morgan fingerprint density at radius 2 is 1.65 bits per heavy atom. The van der Waals surface area contributed by atoms with Crippen molar-refractivity contribution in [1.82, 2.24) is 0 Å². The van der Waals surface area contributed by atoms with Gasteiger partial charge in [-0.3, -0.25) is 4.72 Å². The summed E-state index contributed by atoms with van der Waals surface area (Å²) in [5.41, 5.74) is 1.18. The molecule has 0 aliphatic heterocycles. The Labute approximate surface area is 151 Å². The number of sulfonamides is 1. The summed E-state index contributed by atoms with van der Waals surface area (Å²) >= 11 is 0. The molecule has 0 unspecified atom stereocenters. The van der Waals surface area contributed by atoms with Crippen molar-refractivity contribution < 1.29 is 23.1 Å². The van der Waals surface area contributed by atoms with Crippen LogP contribution in [0, 0.1) is 6.92 Å². The van der Waals surface area contributed by atoms with E-state index in [9.17, 15) is 18.3 Å². The number of aryl methyl sites for hydroxylation is 1. The first kappa shape index (κ1) is 17.8. The minimum atomic E-state index is -4.00. The molecular formula is C19H17NO5S. The maximum Gasteiger partial charge on any atom is 0.339 e. The van der Waals surface area contributed by atoms with Gasteiger partial charge in [0.25, 0.3) is 10.0 Å². The second kappa shape index (κ2) is 6.68. The molecule has 3 rings (SSSR count). The topological polar surface area (TPSA) is 92.7 Å². The van der Waals surface area contributed by atoms with Crippen molar-refractivity contribution in [2.45, 2.75) is 11.8 Å². The fourth-order valence-corrected chi connectivity index (χ4v) is 4.05. The van der Waals surface area contributed by atoms with Gasteiger partial charge in [0.05, 0.1) is 12.0 Å². The van der Waals surface area contributed by atoms with Gasteiger partial charge in [0.15, 0.2) is 0 Å². The van der Waals surface area contributed by atoms with E-state index < -0.39 is 16.0 Å². The lowest BCUT2D eigenvalue weighted by atomic mass is 10.1. The lowest BCUT2D eigenvalue weighted by molar-refractivity contribution is 0.0693. The number of hydrogen-bond acceptors (Lipinski definition) is 4. The molecule has 0 atom stereocenters. The number of carbonyl (C=O) groups is 1. The second-order valence-electron chi connectivity index (χ2n) is 5.78. The molecule has 0 saturated heterocycles. The van der Waals surface area contributed by atoms with Gasteiger partial charge in [-0.15, -0.1) is 0 Å². The van der Waals surface area contributed by atoms with E-state index in [0.717, 1.165) is 11.6 Å². The largest absolute Gasteiger partial charge is 0.495 e. The van der Waals surface area contributed by atoms with Crippen LogP contribution >= 0.6 is 0 Å². The Bertz CT molecular complexity index is 1090. The highest BCUT2D eigenvalue weighted by atomic mass is 32.2. The van der Waals surface area contributed by atoms with Gasteiger partial charge in [0, 0.05) is 16.5 Å². The number of carboxylic acids is 1. The third-order valence-corrected chi connectivity index (χ3v) is 5.41. The molecule has 0 fully saturated rings. The van der Waals surface area contributed by atoms with Crippen molar-refractivity contribution in [2.24, 2.45) is 0 Å². The monoisotopic (exact) mass is 371 g/mol. The van der Waals surface area contributed by atoms with Crippen LogP contribution in [0.3, 0.4) is 0 Å². The summed E-state index contributed by atoms with van der Waals surface area (Å²) in [5, 5.41) is 10.3. The molecule has 0 aliphatic carbocycles. The summed E-state index contributed by atoms with van der Waals surface area (Å²) in [7, 11) is -2.65. The average molecular weight is 371 g/mol. The molecule has 26 heavy (non-hydrogen) atoms. The van der Waals surface area contributed by atoms with Crippen molar-refractivity contribution in [2.75, 3.05) is 11.8 Å². The fourth-order valence-electron chi connectivity index (χ4n) is 2.75. The van der Waals surface area contributed by atoms with E-state index in [2.05, 4.69) is 4.72 Å². The first-order valence-electron chi connectivity index (χ1n) is 7.76. The van der Waals surface area contributed by atoms with Gasteiger partial charge < -0.3 is 9.84 Å². The molecule has 3 aromatic rings. The number of anilines is 1. The molecule has 3 aromatic carbocycles. The molecule has 0 heterocycles. The van der Waals surface area contributed by atoms with Crippen LogP contribution in [0.25, 0.3) is 10.8 Å². The zero-order valence-corrected chi connectivity index (χ0v) is 15.0. The molecular weight excluding hydrogens is 354 g/mol. The van der Waals surface area contributed by atoms with E-state index in [1.807, 2.05) is 6.92 Å². The van der Waals surface area contributed by atoms with E-state index in [1.54, 1.807) is 48.5 Å². The minimum absolute atomic E-state index is 0.119. The van der Waals surface area contributed by atoms with Crippen molar-refractivity contribution in [1.29, 1.82) is 0 Å². The van der Waals surface area contributed by atoms with Gasteiger partial charge >= 0.3 is 5.97 Å². The summed E-state index contributed by atoms with van der Waals surface area (Å²) in [4.78, 5) is 11.5. The van der Waals surface area contributed by atoms with E-state index in [1.165, 1.54) is 7.11 Å². The standard InChI is InChI=1S/C19H17NO5S/c1-12-7-9-13(10-8-12)20-26(23,24)17-11-16(19(21)22)18(25-2)15-6-4-3-5-14(15)17/h3-11,20H,1-2H3,(H,21,22). The molecule has 0 amide bonds. The fraction of sp³-hybridized carbons (Fsp3) is 0.105. The lowest BCUT2D eigenvalue weighted by Crippen LogP contribution is -2.15. The quantitative estimate of drug-likeness (QED) is 0.714. The highest BCUT2D eigenvalue weighted by molar-refractivity contribution is 7.93. The third kappa shape index (κ3) is 3.21. The highest BCUT2D eigenvalue weighted by Gasteiger charge is 2.24. The third-order valence-electron chi connectivity index (χ3n) is 3.99. The Kier molecular flexibility index (Phi) is 4.56. The summed E-state index contributed by atoms with van der Waals surface area (Å²) in [6, 6.07) is 14.6. The zero-order valence-electron chi connectivity index (χ0n) is 14.2. The zero-order chi connectivity index (χ0) is 18.9. The van der Waals surface area contributed by atoms with Gasteiger partial charge in [0.2, 0.25) is 0 Å². The van der Waals surface area contributed by atoms with Gasteiger partial charge in [-0.25, -0.2) is 13.2 Å². The van der Waals surface area contributed by atoms with Crippen molar-refractivity contribution in [3.63, 3.8) is 0 Å². The molecule has 0 aromatic heterocycles. The minimum Gasteiger partial charge on any atom is -0.495 e. The van der Waals surface area contributed by atoms with Gasteiger partial charge in [-0.2, -0.15) is 0 Å². The molecule has 0 bridgehead atoms. The first-order valence-corrected chi connectivity index (χ1v) is 9.24. The van der Waals surface area contributed by atoms with Crippen LogP contribution in [0.2, 0.25) is 0 Å². The number of rotatable bonds is 5. The average Bonchev–Trinajstić information content (AvgIpc) is 2.61. The second-order valence-corrected chi connectivity index (χ2v) is 7.43. The van der Waals surface area contributed by atoms with Crippen LogP contribution in [-0.4, -0.2) is 26.6 Å². The summed E-state index contributed by atoms with van der Waals surface area (Å²) in [6.07, 6.45) is 0. The number of aromatic carboxylic acids is 1. The number of fused-ring (bicyclic) bond motifs is 1. The van der Waals surface area contributed by atoms with E-state index in [0.29, 0.717) is 16.5 Å². The lowest BCUT2D eigenvalue weighted by Gasteiger charge is -2.15. The maximum absolute atomic E-state index is 12.9. The van der Waals surface area contributed by atoms with Gasteiger partial charge in [-0.05, 0) is 25.1 Å². The molecule has 0 aliphatic rings. The Hall–Kier alpha value is -3.06. The maximum atomic E-state index is 12.9. The number of hydrogen-bond donors (Lipinski definition) is 2. The molecule has 6 nitrogen and oxygen atoms in total. The molecule has 2 N–H and O–H groups in total. The van der Waals surface area contributed by atoms with Crippen LogP contribution in [0.1, 0.15) is 15.9 Å². The van der Waals surface area contributed by atoms with Crippen LogP contribution in [0.4, 0.5) is 5.69 Å². The summed E-state index contributed by atoms with van der Waals surface area (Å²) in [6.45, 7) is 1.90. The molecule has 0 spiro atoms. The van der Waals surface area contributed by atoms with Crippen LogP contribution in [-0.2, 0) is 10.0 Å². The van der Waals surface area contributed by atoms with E-state index in [4.69, 9.17) is 4.74 Å². The SMILES string of the molecule is COc1c(C(=O)O)cc(S(=O)(=O)Nc2ccc(C)cc2)c2ccccc12. The summed E-state index contributed by atoms with van der Waals surface area (Å²) in [5.74, 6) is -1.14. The predicted octanol–water partition coefficient (Wildman–Crippen LogP) is 3.66. The van der Waals surface area contributed by atoms with Gasteiger partial charge in [0.1, 0.15) is 11.3 Å². The van der Waals surface area contributed by atoms with Gasteiger partial charge in [-0.1, -0.05) is 42.0 Å². The number of benzene rings is 3. The Balaban J connectivity index is 2.23.